The Kier molecular flexibility index (Phi) is 3.22. The Morgan fingerprint density at radius 1 is 1.32 bits per heavy atom. The average Bonchev–Trinajstić information content (AvgIpc) is 2.87. The summed E-state index contributed by atoms with van der Waals surface area (Å²) in [7, 11) is 0. The van der Waals surface area contributed by atoms with E-state index in [1.54, 1.807) is 29.4 Å². The molecule has 0 fully saturated rings. The van der Waals surface area contributed by atoms with Gasteiger partial charge in [-0.25, -0.2) is 4.98 Å². The lowest BCUT2D eigenvalue weighted by molar-refractivity contribution is 0.475. The molecule has 0 saturated carbocycles. The molecule has 0 aliphatic rings. The third-order valence-corrected chi connectivity index (χ3v) is 4.18. The van der Waals surface area contributed by atoms with Gasteiger partial charge in [-0.05, 0) is 24.3 Å². The van der Waals surface area contributed by atoms with E-state index in [2.05, 4.69) is 10.1 Å². The SMILES string of the molecule is O=c1cc(CSc2ccc(O)cc2)nc2scnn12. The maximum absolute atomic E-state index is 11.7. The van der Waals surface area contributed by atoms with E-state index in [1.165, 1.54) is 21.9 Å². The number of hydrogen-bond acceptors (Lipinski definition) is 6. The molecule has 96 valence electrons. The molecule has 1 aromatic carbocycles. The van der Waals surface area contributed by atoms with Crippen LogP contribution in [0.1, 0.15) is 5.69 Å². The van der Waals surface area contributed by atoms with Crippen LogP contribution in [-0.4, -0.2) is 19.7 Å². The summed E-state index contributed by atoms with van der Waals surface area (Å²) in [5.41, 5.74) is 2.17. The van der Waals surface area contributed by atoms with Crippen molar-refractivity contribution in [2.75, 3.05) is 0 Å². The van der Waals surface area contributed by atoms with Gasteiger partial charge in [0, 0.05) is 16.7 Å². The first-order valence-corrected chi connectivity index (χ1v) is 7.33. The van der Waals surface area contributed by atoms with Crippen molar-refractivity contribution < 1.29 is 5.11 Å². The first kappa shape index (κ1) is 12.2. The molecule has 0 atom stereocenters. The molecule has 0 unspecified atom stereocenters. The second-order valence-electron chi connectivity index (χ2n) is 3.80. The lowest BCUT2D eigenvalue weighted by Gasteiger charge is -2.01. The Balaban J connectivity index is 1.81. The van der Waals surface area contributed by atoms with Gasteiger partial charge in [0.15, 0.2) is 0 Å². The van der Waals surface area contributed by atoms with Crippen LogP contribution in [0.3, 0.4) is 0 Å². The minimum atomic E-state index is -0.160. The molecule has 0 saturated heterocycles. The van der Waals surface area contributed by atoms with Crippen molar-refractivity contribution in [2.24, 2.45) is 0 Å². The number of fused-ring (bicyclic) bond motifs is 1. The van der Waals surface area contributed by atoms with Crippen LogP contribution >= 0.6 is 23.1 Å². The van der Waals surface area contributed by atoms with E-state index in [-0.39, 0.29) is 11.3 Å². The quantitative estimate of drug-likeness (QED) is 0.749. The van der Waals surface area contributed by atoms with Gasteiger partial charge in [0.25, 0.3) is 5.56 Å². The summed E-state index contributed by atoms with van der Waals surface area (Å²) in [6.45, 7) is 0. The van der Waals surface area contributed by atoms with Crippen LogP contribution < -0.4 is 5.56 Å². The predicted molar refractivity (Wildman–Crippen MR) is 74.8 cm³/mol. The van der Waals surface area contributed by atoms with E-state index >= 15 is 0 Å². The van der Waals surface area contributed by atoms with Gasteiger partial charge in [-0.3, -0.25) is 4.79 Å². The highest BCUT2D eigenvalue weighted by atomic mass is 32.2. The molecule has 3 aromatic rings. The number of phenolic OH excluding ortho intramolecular Hbond substituents is 1. The Morgan fingerprint density at radius 3 is 2.89 bits per heavy atom. The van der Waals surface area contributed by atoms with Gasteiger partial charge in [-0.2, -0.15) is 9.61 Å². The van der Waals surface area contributed by atoms with Crippen LogP contribution in [0.4, 0.5) is 0 Å². The first-order chi connectivity index (χ1) is 9.22. The zero-order valence-corrected chi connectivity index (χ0v) is 11.3. The van der Waals surface area contributed by atoms with Gasteiger partial charge in [0.2, 0.25) is 4.96 Å². The lowest BCUT2D eigenvalue weighted by atomic mass is 10.3. The number of nitrogens with zero attached hydrogens (tertiary/aromatic N) is 3. The van der Waals surface area contributed by atoms with E-state index in [4.69, 9.17) is 0 Å². The highest BCUT2D eigenvalue weighted by Crippen LogP contribution is 2.23. The second-order valence-corrected chi connectivity index (χ2v) is 5.66. The second kappa shape index (κ2) is 5.02. The molecule has 0 spiro atoms. The Bertz CT molecular complexity index is 764. The normalized spacial score (nSPS) is 10.9. The molecule has 0 radical (unpaired) electrons. The molecule has 2 aromatic heterocycles. The number of aromatic hydroxyl groups is 1. The van der Waals surface area contributed by atoms with Gasteiger partial charge < -0.3 is 5.11 Å². The molecule has 0 aliphatic heterocycles. The number of benzene rings is 1. The third kappa shape index (κ3) is 2.61. The van der Waals surface area contributed by atoms with Crippen LogP contribution in [0.2, 0.25) is 0 Å². The Hall–Kier alpha value is -1.86. The van der Waals surface area contributed by atoms with Crippen molar-refractivity contribution in [1.29, 1.82) is 0 Å². The number of hydrogen-bond donors (Lipinski definition) is 1. The van der Waals surface area contributed by atoms with Crippen molar-refractivity contribution in [3.63, 3.8) is 0 Å². The fourth-order valence-corrected chi connectivity index (χ4v) is 3.01. The zero-order chi connectivity index (χ0) is 13.2. The van der Waals surface area contributed by atoms with Gasteiger partial charge in [-0.15, -0.1) is 11.8 Å². The molecule has 2 heterocycles. The van der Waals surface area contributed by atoms with Gasteiger partial charge in [0.05, 0.1) is 5.69 Å². The number of phenols is 1. The Morgan fingerprint density at radius 2 is 2.11 bits per heavy atom. The third-order valence-electron chi connectivity index (χ3n) is 2.46. The Labute approximate surface area is 116 Å². The molecular weight excluding hydrogens is 282 g/mol. The van der Waals surface area contributed by atoms with Crippen LogP contribution in [0.5, 0.6) is 5.75 Å². The number of thioether (sulfide) groups is 1. The highest BCUT2D eigenvalue weighted by Gasteiger charge is 2.05. The summed E-state index contributed by atoms with van der Waals surface area (Å²) in [6, 6.07) is 8.43. The fraction of sp³-hybridized carbons (Fsp3) is 0.0833. The molecule has 0 bridgehead atoms. The van der Waals surface area contributed by atoms with Crippen molar-refractivity contribution in [3.8, 4) is 5.75 Å². The van der Waals surface area contributed by atoms with Gasteiger partial charge >= 0.3 is 0 Å². The average molecular weight is 291 g/mol. The minimum absolute atomic E-state index is 0.160. The summed E-state index contributed by atoms with van der Waals surface area (Å²) in [6.07, 6.45) is 0. The maximum Gasteiger partial charge on any atom is 0.275 e. The van der Waals surface area contributed by atoms with Crippen molar-refractivity contribution >= 4 is 28.1 Å². The summed E-state index contributed by atoms with van der Waals surface area (Å²) in [5.74, 6) is 0.848. The molecule has 3 rings (SSSR count). The van der Waals surface area contributed by atoms with Crippen LogP contribution in [0, 0.1) is 0 Å². The first-order valence-electron chi connectivity index (χ1n) is 5.47. The number of rotatable bonds is 3. The van der Waals surface area contributed by atoms with Crippen LogP contribution in [-0.2, 0) is 5.75 Å². The van der Waals surface area contributed by atoms with E-state index in [1.807, 2.05) is 12.1 Å². The molecule has 0 amide bonds. The molecular formula is C12H9N3O2S2. The zero-order valence-electron chi connectivity index (χ0n) is 9.68. The molecule has 1 N–H and O–H groups in total. The summed E-state index contributed by atoms with van der Waals surface area (Å²) >= 11 is 2.90. The monoisotopic (exact) mass is 291 g/mol. The summed E-state index contributed by atoms with van der Waals surface area (Å²) in [4.78, 5) is 17.7. The highest BCUT2D eigenvalue weighted by molar-refractivity contribution is 7.98. The number of aromatic nitrogens is 3. The predicted octanol–water partition coefficient (Wildman–Crippen LogP) is 2.15. The molecule has 0 aliphatic carbocycles. The van der Waals surface area contributed by atoms with E-state index in [0.717, 1.165) is 10.6 Å². The van der Waals surface area contributed by atoms with Crippen molar-refractivity contribution in [2.45, 2.75) is 10.6 Å². The smallest absolute Gasteiger partial charge is 0.275 e. The van der Waals surface area contributed by atoms with E-state index in [0.29, 0.717) is 10.7 Å². The summed E-state index contributed by atoms with van der Waals surface area (Å²) in [5, 5.41) is 13.1. The van der Waals surface area contributed by atoms with E-state index in [9.17, 15) is 9.90 Å². The minimum Gasteiger partial charge on any atom is -0.508 e. The topological polar surface area (TPSA) is 67.5 Å². The fourth-order valence-electron chi connectivity index (χ4n) is 1.57. The van der Waals surface area contributed by atoms with Crippen LogP contribution in [0.25, 0.3) is 4.96 Å². The largest absolute Gasteiger partial charge is 0.508 e. The standard InChI is InChI=1S/C12H9N3O2S2/c16-9-1-3-10(4-2-9)18-6-8-5-11(17)15-12(14-8)19-7-13-15/h1-5,7,16H,6H2. The lowest BCUT2D eigenvalue weighted by Crippen LogP contribution is -2.14. The molecule has 5 nitrogen and oxygen atoms in total. The van der Waals surface area contributed by atoms with Crippen molar-refractivity contribution in [1.82, 2.24) is 14.6 Å². The van der Waals surface area contributed by atoms with Gasteiger partial charge in [-0.1, -0.05) is 11.3 Å². The van der Waals surface area contributed by atoms with Crippen LogP contribution in [0.15, 0.2) is 45.5 Å². The van der Waals surface area contributed by atoms with E-state index < -0.39 is 0 Å². The molecule has 7 heteroatoms. The van der Waals surface area contributed by atoms with Gasteiger partial charge in [0.1, 0.15) is 11.3 Å². The van der Waals surface area contributed by atoms with Crippen molar-refractivity contribution in [3.05, 3.63) is 51.9 Å². The maximum atomic E-state index is 11.7. The molecule has 19 heavy (non-hydrogen) atoms. The summed E-state index contributed by atoms with van der Waals surface area (Å²) < 4.78 is 1.29.